The van der Waals surface area contributed by atoms with Crippen LogP contribution in [0.15, 0.2) is 30.3 Å². The lowest BCUT2D eigenvalue weighted by Gasteiger charge is -2.36. The largest absolute Gasteiger partial charge is 0.299 e. The molecule has 3 rings (SSSR count). The van der Waals surface area contributed by atoms with E-state index in [0.29, 0.717) is 0 Å². The summed E-state index contributed by atoms with van der Waals surface area (Å²) in [6.45, 7) is 7.70. The van der Waals surface area contributed by atoms with E-state index in [1.165, 1.54) is 5.56 Å². The Bertz CT molecular complexity index is 639. The van der Waals surface area contributed by atoms with Crippen molar-refractivity contribution in [2.24, 2.45) is 0 Å². The van der Waals surface area contributed by atoms with Crippen LogP contribution in [0, 0.1) is 0 Å². The lowest BCUT2D eigenvalue weighted by Crippen LogP contribution is -2.52. The monoisotopic (exact) mass is 380 g/mol. The summed E-state index contributed by atoms with van der Waals surface area (Å²) in [7, 11) is -3.40. The van der Waals surface area contributed by atoms with E-state index < -0.39 is 10.2 Å². The molecule has 0 bridgehead atoms. The molecule has 146 valence electrons. The minimum atomic E-state index is -3.40. The van der Waals surface area contributed by atoms with Gasteiger partial charge in [-0.05, 0) is 25.3 Å². The van der Waals surface area contributed by atoms with Gasteiger partial charge in [-0.15, -0.1) is 0 Å². The topological polar surface area (TPSA) is 64.7 Å². The number of nitrogens with zero attached hydrogens (tertiary/aromatic N) is 2. The molecule has 2 fully saturated rings. The van der Waals surface area contributed by atoms with Crippen LogP contribution < -0.4 is 9.44 Å². The van der Waals surface area contributed by atoms with Crippen LogP contribution >= 0.6 is 0 Å². The van der Waals surface area contributed by atoms with Crippen molar-refractivity contribution >= 4 is 10.2 Å². The van der Waals surface area contributed by atoms with E-state index in [-0.39, 0.29) is 12.1 Å². The van der Waals surface area contributed by atoms with Gasteiger partial charge in [-0.2, -0.15) is 17.9 Å². The molecule has 26 heavy (non-hydrogen) atoms. The van der Waals surface area contributed by atoms with Crippen LogP contribution in [0.1, 0.15) is 38.2 Å². The highest BCUT2D eigenvalue weighted by molar-refractivity contribution is 7.87. The first kappa shape index (κ1) is 19.8. The van der Waals surface area contributed by atoms with Gasteiger partial charge in [0.2, 0.25) is 0 Å². The predicted molar refractivity (Wildman–Crippen MR) is 105 cm³/mol. The molecule has 1 aliphatic heterocycles. The Morgan fingerprint density at radius 1 is 1.04 bits per heavy atom. The van der Waals surface area contributed by atoms with Gasteiger partial charge < -0.3 is 0 Å². The Balaban J connectivity index is 1.38. The lowest BCUT2D eigenvalue weighted by molar-refractivity contribution is 0.122. The SMILES string of the molecule is CC(CN1CCN(Cc2ccccc2)CC1)NS(=O)(=O)NC1CCCC1. The number of rotatable bonds is 8. The maximum atomic E-state index is 12.2. The molecular formula is C19H32N4O2S. The van der Waals surface area contributed by atoms with Gasteiger partial charge in [-0.1, -0.05) is 43.2 Å². The zero-order chi connectivity index (χ0) is 18.4. The number of piperazine rings is 1. The fraction of sp³-hybridized carbons (Fsp3) is 0.684. The first-order valence-corrected chi connectivity index (χ1v) is 11.3. The minimum absolute atomic E-state index is 0.0884. The average molecular weight is 381 g/mol. The van der Waals surface area contributed by atoms with Gasteiger partial charge in [0.05, 0.1) is 0 Å². The van der Waals surface area contributed by atoms with E-state index in [4.69, 9.17) is 0 Å². The highest BCUT2D eigenvalue weighted by Crippen LogP contribution is 2.18. The average Bonchev–Trinajstić information content (AvgIpc) is 3.09. The van der Waals surface area contributed by atoms with Crippen molar-refractivity contribution in [3.8, 4) is 0 Å². The summed E-state index contributed by atoms with van der Waals surface area (Å²) >= 11 is 0. The highest BCUT2D eigenvalue weighted by atomic mass is 32.2. The van der Waals surface area contributed by atoms with Gasteiger partial charge in [-0.3, -0.25) is 9.80 Å². The molecule has 1 saturated carbocycles. The molecule has 7 heteroatoms. The Hall–Kier alpha value is -0.990. The molecule has 1 saturated heterocycles. The van der Waals surface area contributed by atoms with E-state index in [2.05, 4.69) is 43.5 Å². The van der Waals surface area contributed by atoms with Gasteiger partial charge in [0.1, 0.15) is 0 Å². The van der Waals surface area contributed by atoms with E-state index in [1.807, 2.05) is 13.0 Å². The molecule has 0 amide bonds. The third kappa shape index (κ3) is 6.32. The Kier molecular flexibility index (Phi) is 7.05. The normalized spacial score (nSPS) is 21.9. The van der Waals surface area contributed by atoms with Crippen molar-refractivity contribution in [3.63, 3.8) is 0 Å². The van der Waals surface area contributed by atoms with Gasteiger partial charge in [0.25, 0.3) is 10.2 Å². The summed E-state index contributed by atoms with van der Waals surface area (Å²) in [5.74, 6) is 0. The Morgan fingerprint density at radius 2 is 1.65 bits per heavy atom. The number of hydrogen-bond acceptors (Lipinski definition) is 4. The highest BCUT2D eigenvalue weighted by Gasteiger charge is 2.24. The summed E-state index contributed by atoms with van der Waals surface area (Å²) in [4.78, 5) is 4.81. The molecule has 2 aliphatic rings. The van der Waals surface area contributed by atoms with Crippen molar-refractivity contribution < 1.29 is 8.42 Å². The Morgan fingerprint density at radius 3 is 2.31 bits per heavy atom. The Labute approximate surface area is 158 Å². The van der Waals surface area contributed by atoms with Crippen LogP contribution in [0.4, 0.5) is 0 Å². The maximum Gasteiger partial charge on any atom is 0.277 e. The number of nitrogens with one attached hydrogen (secondary N) is 2. The van der Waals surface area contributed by atoms with Crippen LogP contribution in [0.25, 0.3) is 0 Å². The standard InChI is InChI=1S/C19H32N4O2S/c1-17(20-26(24,25)21-19-9-5-6-10-19)15-22-11-13-23(14-12-22)16-18-7-3-2-4-8-18/h2-4,7-8,17,19-21H,5-6,9-16H2,1H3. The second-order valence-electron chi connectivity index (χ2n) is 7.68. The number of hydrogen-bond donors (Lipinski definition) is 2. The first-order chi connectivity index (χ1) is 12.5. The van der Waals surface area contributed by atoms with Crippen molar-refractivity contribution in [2.45, 2.75) is 51.2 Å². The predicted octanol–water partition coefficient (Wildman–Crippen LogP) is 1.56. The third-order valence-corrected chi connectivity index (χ3v) is 6.64. The van der Waals surface area contributed by atoms with Crippen LogP contribution in [0.3, 0.4) is 0 Å². The van der Waals surface area contributed by atoms with Crippen molar-refractivity contribution in [2.75, 3.05) is 32.7 Å². The molecule has 1 aliphatic carbocycles. The maximum absolute atomic E-state index is 12.2. The minimum Gasteiger partial charge on any atom is -0.299 e. The zero-order valence-electron chi connectivity index (χ0n) is 15.7. The van der Waals surface area contributed by atoms with E-state index >= 15 is 0 Å². The van der Waals surface area contributed by atoms with Gasteiger partial charge >= 0.3 is 0 Å². The van der Waals surface area contributed by atoms with E-state index in [1.54, 1.807) is 0 Å². The van der Waals surface area contributed by atoms with Crippen LogP contribution in [-0.4, -0.2) is 63.0 Å². The first-order valence-electron chi connectivity index (χ1n) is 9.78. The fourth-order valence-electron chi connectivity index (χ4n) is 3.96. The quantitative estimate of drug-likeness (QED) is 0.718. The number of benzene rings is 1. The van der Waals surface area contributed by atoms with Crippen LogP contribution in [0.2, 0.25) is 0 Å². The summed E-state index contributed by atoms with van der Waals surface area (Å²) in [5.41, 5.74) is 1.35. The van der Waals surface area contributed by atoms with Gasteiger partial charge in [0.15, 0.2) is 0 Å². The van der Waals surface area contributed by atoms with Crippen molar-refractivity contribution in [1.82, 2.24) is 19.2 Å². The molecule has 0 spiro atoms. The summed E-state index contributed by atoms with van der Waals surface area (Å²) in [6, 6.07) is 10.6. The molecule has 0 aromatic heterocycles. The second kappa shape index (κ2) is 9.28. The smallest absolute Gasteiger partial charge is 0.277 e. The molecule has 6 nitrogen and oxygen atoms in total. The third-order valence-electron chi connectivity index (χ3n) is 5.28. The van der Waals surface area contributed by atoms with Crippen LogP contribution in [-0.2, 0) is 16.8 Å². The molecule has 1 atom stereocenters. The molecule has 1 unspecified atom stereocenters. The van der Waals surface area contributed by atoms with E-state index in [9.17, 15) is 8.42 Å². The second-order valence-corrected chi connectivity index (χ2v) is 9.16. The fourth-order valence-corrected chi connectivity index (χ4v) is 5.30. The molecule has 0 radical (unpaired) electrons. The van der Waals surface area contributed by atoms with Gasteiger partial charge in [-0.25, -0.2) is 0 Å². The summed E-state index contributed by atoms with van der Waals surface area (Å²) in [6.07, 6.45) is 4.16. The molecule has 1 aromatic carbocycles. The van der Waals surface area contributed by atoms with Crippen molar-refractivity contribution in [1.29, 1.82) is 0 Å². The molecule has 1 heterocycles. The molecule has 2 N–H and O–H groups in total. The summed E-state index contributed by atoms with van der Waals surface area (Å²) < 4.78 is 30.1. The van der Waals surface area contributed by atoms with Crippen molar-refractivity contribution in [3.05, 3.63) is 35.9 Å². The lowest BCUT2D eigenvalue weighted by atomic mass is 10.2. The van der Waals surface area contributed by atoms with Gasteiger partial charge in [0, 0.05) is 51.4 Å². The van der Waals surface area contributed by atoms with Crippen LogP contribution in [0.5, 0.6) is 0 Å². The molecular weight excluding hydrogens is 348 g/mol. The zero-order valence-corrected chi connectivity index (χ0v) is 16.5. The van der Waals surface area contributed by atoms with E-state index in [0.717, 1.165) is 65.0 Å². The summed E-state index contributed by atoms with van der Waals surface area (Å²) in [5, 5.41) is 0. The molecule has 1 aromatic rings.